The number of hydrogen-bond acceptors (Lipinski definition) is 4. The molecule has 2 heterocycles. The second-order valence-electron chi connectivity index (χ2n) is 8.10. The summed E-state index contributed by atoms with van der Waals surface area (Å²) in [7, 11) is -1.85. The first-order valence-corrected chi connectivity index (χ1v) is 12.5. The molecule has 1 aromatic heterocycles. The van der Waals surface area contributed by atoms with E-state index in [9.17, 15) is 13.2 Å². The molecule has 1 amide bonds. The highest BCUT2D eigenvalue weighted by Crippen LogP contribution is 2.22. The molecule has 1 aromatic carbocycles. The lowest BCUT2D eigenvalue weighted by atomic mass is 10.1. The fourth-order valence-electron chi connectivity index (χ4n) is 3.90. The average molecular weight is 447 g/mol. The number of carbonyl (C=O) groups is 1. The smallest absolute Gasteiger partial charge is 0.268 e. The Kier molecular flexibility index (Phi) is 7.91. The van der Waals surface area contributed by atoms with E-state index in [-0.39, 0.29) is 10.8 Å². The first kappa shape index (κ1) is 23.5. The molecule has 0 unspecified atom stereocenters. The Balaban J connectivity index is 1.62. The lowest BCUT2D eigenvalue weighted by molar-refractivity contribution is 0.0942. The first-order valence-electron chi connectivity index (χ1n) is 11.1. The number of aryl methyl sites for hydroxylation is 1. The fraction of sp³-hybridized carbons (Fsp3) is 0.522. The van der Waals surface area contributed by atoms with E-state index in [1.807, 2.05) is 12.1 Å². The van der Waals surface area contributed by atoms with Gasteiger partial charge in [-0.25, -0.2) is 8.42 Å². The Labute approximate surface area is 186 Å². The zero-order valence-electron chi connectivity index (χ0n) is 18.8. The molecule has 1 fully saturated rings. The monoisotopic (exact) mass is 446 g/mol. The molecule has 0 bridgehead atoms. The summed E-state index contributed by atoms with van der Waals surface area (Å²) in [6.07, 6.45) is 4.35. The minimum atomic E-state index is -3.56. The first-order chi connectivity index (χ1) is 14.8. The Morgan fingerprint density at radius 2 is 1.65 bits per heavy atom. The number of aromatic nitrogens is 1. The van der Waals surface area contributed by atoms with Crippen LogP contribution in [0.25, 0.3) is 0 Å². The molecular weight excluding hydrogens is 412 g/mol. The van der Waals surface area contributed by atoms with Gasteiger partial charge in [-0.15, -0.1) is 0 Å². The Morgan fingerprint density at radius 1 is 1.03 bits per heavy atom. The molecule has 7 nitrogen and oxygen atoms in total. The zero-order valence-corrected chi connectivity index (χ0v) is 19.6. The third-order valence-corrected chi connectivity index (χ3v) is 7.81. The molecule has 0 atom stereocenters. The van der Waals surface area contributed by atoms with Gasteiger partial charge in [0, 0.05) is 39.4 Å². The van der Waals surface area contributed by atoms with E-state index >= 15 is 0 Å². The normalized spacial score (nSPS) is 15.4. The third-order valence-electron chi connectivity index (χ3n) is 5.94. The minimum Gasteiger partial charge on any atom is -0.347 e. The predicted octanol–water partition coefficient (Wildman–Crippen LogP) is 2.97. The predicted molar refractivity (Wildman–Crippen MR) is 122 cm³/mol. The molecule has 0 aliphatic carbocycles. The van der Waals surface area contributed by atoms with E-state index in [1.54, 1.807) is 11.6 Å². The Hall–Kier alpha value is -2.16. The van der Waals surface area contributed by atoms with E-state index in [0.29, 0.717) is 25.3 Å². The van der Waals surface area contributed by atoms with E-state index in [1.165, 1.54) is 22.1 Å². The number of nitrogens with zero attached hydrogens (tertiary/aromatic N) is 3. The van der Waals surface area contributed by atoms with Crippen LogP contribution in [0.2, 0.25) is 0 Å². The minimum absolute atomic E-state index is 0.183. The highest BCUT2D eigenvalue weighted by atomic mass is 32.2. The lowest BCUT2D eigenvalue weighted by Gasteiger charge is -2.25. The second-order valence-corrected chi connectivity index (χ2v) is 10.0. The number of piperidine rings is 1. The number of carbonyl (C=O) groups excluding carboxylic acids is 1. The van der Waals surface area contributed by atoms with Gasteiger partial charge in [0.15, 0.2) is 0 Å². The highest BCUT2D eigenvalue weighted by molar-refractivity contribution is 7.89. The highest BCUT2D eigenvalue weighted by Gasteiger charge is 2.28. The van der Waals surface area contributed by atoms with Crippen molar-refractivity contribution in [3.63, 3.8) is 0 Å². The third kappa shape index (κ3) is 5.75. The maximum atomic E-state index is 12.9. The number of hydrogen-bond donors (Lipinski definition) is 1. The topological polar surface area (TPSA) is 74.7 Å². The molecule has 0 saturated carbocycles. The number of nitrogens with one attached hydrogen (secondary N) is 1. The molecule has 1 saturated heterocycles. The number of rotatable bonds is 9. The van der Waals surface area contributed by atoms with Crippen molar-refractivity contribution in [1.29, 1.82) is 0 Å². The van der Waals surface area contributed by atoms with Crippen molar-refractivity contribution in [2.24, 2.45) is 7.05 Å². The van der Waals surface area contributed by atoms with E-state index in [0.717, 1.165) is 44.5 Å². The summed E-state index contributed by atoms with van der Waals surface area (Å²) in [4.78, 5) is 15.2. The van der Waals surface area contributed by atoms with Crippen LogP contribution in [0, 0.1) is 0 Å². The van der Waals surface area contributed by atoms with Gasteiger partial charge >= 0.3 is 0 Å². The van der Waals surface area contributed by atoms with Crippen LogP contribution >= 0.6 is 0 Å². The largest absolute Gasteiger partial charge is 0.347 e. The molecular formula is C23H34N4O3S. The summed E-state index contributed by atoms with van der Waals surface area (Å²) in [5.41, 5.74) is 2.59. The SMILES string of the molecule is CCN(CC)Cc1ccc(CNC(=O)c2cc(S(=O)(=O)N3CCCCC3)cn2C)cc1. The Morgan fingerprint density at radius 3 is 2.26 bits per heavy atom. The standard InChI is InChI=1S/C23H34N4O3S/c1-4-26(5-2)17-20-11-9-19(10-12-20)16-24-23(28)22-15-21(18-25(22)3)31(29,30)27-13-7-6-8-14-27/h9-12,15,18H,4-8,13-14,16-17H2,1-3H3,(H,24,28). The van der Waals surface area contributed by atoms with Crippen LogP contribution in [0.1, 0.15) is 54.7 Å². The molecule has 3 rings (SSSR count). The van der Waals surface area contributed by atoms with Crippen LogP contribution in [0.3, 0.4) is 0 Å². The molecule has 170 valence electrons. The summed E-state index contributed by atoms with van der Waals surface area (Å²) in [6.45, 7) is 8.73. The maximum Gasteiger partial charge on any atom is 0.268 e. The van der Waals surface area contributed by atoms with Gasteiger partial charge in [0.25, 0.3) is 5.91 Å². The van der Waals surface area contributed by atoms with Crippen molar-refractivity contribution in [2.45, 2.75) is 51.1 Å². The molecule has 2 aromatic rings. The van der Waals surface area contributed by atoms with Crippen molar-refractivity contribution < 1.29 is 13.2 Å². The molecule has 1 aliphatic rings. The quantitative estimate of drug-likeness (QED) is 0.643. The van der Waals surface area contributed by atoms with Crippen molar-refractivity contribution in [3.05, 3.63) is 53.3 Å². The van der Waals surface area contributed by atoms with Gasteiger partial charge in [-0.2, -0.15) is 4.31 Å². The molecule has 8 heteroatoms. The Bertz CT molecular complexity index is 973. The molecule has 1 N–H and O–H groups in total. The average Bonchev–Trinajstić information content (AvgIpc) is 3.19. The summed E-state index contributed by atoms with van der Waals surface area (Å²) in [5.74, 6) is -0.283. The van der Waals surface area contributed by atoms with Crippen LogP contribution in [0.15, 0.2) is 41.4 Å². The van der Waals surface area contributed by atoms with Gasteiger partial charge in [0.1, 0.15) is 10.6 Å². The summed E-state index contributed by atoms with van der Waals surface area (Å²) < 4.78 is 28.9. The fourth-order valence-corrected chi connectivity index (χ4v) is 5.49. The van der Waals surface area contributed by atoms with Crippen LogP contribution in [0.4, 0.5) is 0 Å². The van der Waals surface area contributed by atoms with Gasteiger partial charge in [-0.1, -0.05) is 44.5 Å². The van der Waals surface area contributed by atoms with E-state index < -0.39 is 10.0 Å². The van der Waals surface area contributed by atoms with Crippen molar-refractivity contribution in [1.82, 2.24) is 19.1 Å². The van der Waals surface area contributed by atoms with Crippen LogP contribution in [0.5, 0.6) is 0 Å². The summed E-state index contributed by atoms with van der Waals surface area (Å²) in [6, 6.07) is 9.70. The summed E-state index contributed by atoms with van der Waals surface area (Å²) >= 11 is 0. The lowest BCUT2D eigenvalue weighted by Crippen LogP contribution is -2.35. The van der Waals surface area contributed by atoms with Crippen LogP contribution in [-0.4, -0.2) is 54.3 Å². The van der Waals surface area contributed by atoms with Crippen molar-refractivity contribution in [2.75, 3.05) is 26.2 Å². The maximum absolute atomic E-state index is 12.9. The van der Waals surface area contributed by atoms with Gasteiger partial charge in [0.2, 0.25) is 10.0 Å². The molecule has 1 aliphatic heterocycles. The zero-order chi connectivity index (χ0) is 22.4. The molecule has 31 heavy (non-hydrogen) atoms. The number of amides is 1. The number of sulfonamides is 1. The van der Waals surface area contributed by atoms with Crippen LogP contribution in [-0.2, 0) is 30.2 Å². The van der Waals surface area contributed by atoms with Gasteiger partial charge in [-0.3, -0.25) is 9.69 Å². The molecule has 0 radical (unpaired) electrons. The second kappa shape index (κ2) is 10.4. The van der Waals surface area contributed by atoms with E-state index in [2.05, 4.69) is 36.2 Å². The van der Waals surface area contributed by atoms with Gasteiger partial charge in [0.05, 0.1) is 0 Å². The summed E-state index contributed by atoms with van der Waals surface area (Å²) in [5, 5.41) is 2.90. The van der Waals surface area contributed by atoms with Gasteiger partial charge < -0.3 is 9.88 Å². The number of benzene rings is 1. The van der Waals surface area contributed by atoms with E-state index in [4.69, 9.17) is 0 Å². The van der Waals surface area contributed by atoms with Gasteiger partial charge in [-0.05, 0) is 43.1 Å². The van der Waals surface area contributed by atoms with Crippen molar-refractivity contribution in [3.8, 4) is 0 Å². The van der Waals surface area contributed by atoms with Crippen LogP contribution < -0.4 is 5.32 Å². The molecule has 0 spiro atoms. The van der Waals surface area contributed by atoms with Crippen molar-refractivity contribution >= 4 is 15.9 Å².